The number of sulfonamides is 1. The number of carbonyl (C=O) groups is 1. The summed E-state index contributed by atoms with van der Waals surface area (Å²) in [6.07, 6.45) is 0. The van der Waals surface area contributed by atoms with Crippen molar-refractivity contribution in [1.29, 1.82) is 0 Å². The molecule has 1 heterocycles. The van der Waals surface area contributed by atoms with Crippen molar-refractivity contribution in [2.24, 2.45) is 0 Å². The molecule has 0 aliphatic carbocycles. The van der Waals surface area contributed by atoms with E-state index in [0.717, 1.165) is 4.31 Å². The van der Waals surface area contributed by atoms with E-state index in [1.807, 2.05) is 0 Å². The van der Waals surface area contributed by atoms with Crippen LogP contribution in [0.25, 0.3) is 0 Å². The van der Waals surface area contributed by atoms with Crippen molar-refractivity contribution in [3.63, 3.8) is 0 Å². The van der Waals surface area contributed by atoms with Gasteiger partial charge in [0.05, 0.1) is 19.1 Å². The van der Waals surface area contributed by atoms with Crippen molar-refractivity contribution in [3.8, 4) is 6.01 Å². The molecule has 1 aromatic heterocycles. The van der Waals surface area contributed by atoms with Gasteiger partial charge in [-0.2, -0.15) is 4.98 Å². The highest BCUT2D eigenvalue weighted by Crippen LogP contribution is 2.23. The van der Waals surface area contributed by atoms with Gasteiger partial charge in [0.15, 0.2) is 0 Å². The Morgan fingerprint density at radius 3 is 2.42 bits per heavy atom. The highest BCUT2D eigenvalue weighted by molar-refractivity contribution is 7.92. The second-order valence-electron chi connectivity index (χ2n) is 4.76. The molecule has 1 aromatic carbocycles. The molecule has 2 aromatic rings. The van der Waals surface area contributed by atoms with Crippen molar-refractivity contribution in [2.75, 3.05) is 25.1 Å². The third-order valence-corrected chi connectivity index (χ3v) is 4.85. The number of rotatable bonds is 6. The summed E-state index contributed by atoms with van der Waals surface area (Å²) in [6, 6.07) is 9.20. The van der Waals surface area contributed by atoms with Crippen LogP contribution in [0.3, 0.4) is 0 Å². The summed E-state index contributed by atoms with van der Waals surface area (Å²) < 4.78 is 36.3. The molecule has 0 saturated carbocycles. The highest BCUT2D eigenvalue weighted by Gasteiger charge is 2.29. The number of methoxy groups -OCH3 is 2. The lowest BCUT2D eigenvalue weighted by Crippen LogP contribution is -2.37. The zero-order valence-corrected chi connectivity index (χ0v) is 14.3. The number of aromatic nitrogens is 2. The Balaban J connectivity index is 2.57. The molecular formula is C15H17N3O5S. The minimum atomic E-state index is -4.01. The quantitative estimate of drug-likeness (QED) is 0.720. The molecule has 0 aliphatic rings. The lowest BCUT2D eigenvalue weighted by atomic mass is 10.4. The molecule has 0 fully saturated rings. The predicted octanol–water partition coefficient (Wildman–Crippen LogP) is 1.16. The van der Waals surface area contributed by atoms with Crippen LogP contribution in [0, 0.1) is 6.92 Å². The van der Waals surface area contributed by atoms with Crippen LogP contribution in [0.5, 0.6) is 6.01 Å². The largest absolute Gasteiger partial charge is 0.468 e. The van der Waals surface area contributed by atoms with Gasteiger partial charge in [0, 0.05) is 11.8 Å². The van der Waals surface area contributed by atoms with Crippen molar-refractivity contribution in [2.45, 2.75) is 11.8 Å². The molecular weight excluding hydrogens is 334 g/mol. The average molecular weight is 351 g/mol. The van der Waals surface area contributed by atoms with E-state index >= 15 is 0 Å². The van der Waals surface area contributed by atoms with Crippen LogP contribution in [0.4, 0.5) is 5.82 Å². The predicted molar refractivity (Wildman–Crippen MR) is 86.3 cm³/mol. The zero-order chi connectivity index (χ0) is 17.7. The highest BCUT2D eigenvalue weighted by atomic mass is 32.2. The number of hydrogen-bond acceptors (Lipinski definition) is 7. The molecule has 24 heavy (non-hydrogen) atoms. The maximum absolute atomic E-state index is 12.9. The van der Waals surface area contributed by atoms with Gasteiger partial charge >= 0.3 is 12.0 Å². The lowest BCUT2D eigenvalue weighted by Gasteiger charge is -2.22. The second-order valence-corrected chi connectivity index (χ2v) is 6.62. The maximum Gasteiger partial charge on any atom is 0.326 e. The molecule has 0 bridgehead atoms. The first-order valence-corrected chi connectivity index (χ1v) is 8.36. The van der Waals surface area contributed by atoms with Crippen LogP contribution in [-0.2, 0) is 19.6 Å². The smallest absolute Gasteiger partial charge is 0.326 e. The Morgan fingerprint density at radius 2 is 1.83 bits per heavy atom. The molecule has 0 spiro atoms. The Bertz CT molecular complexity index is 824. The van der Waals surface area contributed by atoms with Gasteiger partial charge in [-0.1, -0.05) is 18.2 Å². The SMILES string of the molecule is COC(=O)CN(c1cc(C)nc(OC)n1)S(=O)(=O)c1ccccc1. The fourth-order valence-corrected chi connectivity index (χ4v) is 3.31. The summed E-state index contributed by atoms with van der Waals surface area (Å²) >= 11 is 0. The first kappa shape index (κ1) is 17.7. The fraction of sp³-hybridized carbons (Fsp3) is 0.267. The Hall–Kier alpha value is -2.68. The monoisotopic (exact) mass is 351 g/mol. The van der Waals surface area contributed by atoms with E-state index in [1.165, 1.54) is 32.4 Å². The second kappa shape index (κ2) is 7.26. The van der Waals surface area contributed by atoms with E-state index in [1.54, 1.807) is 25.1 Å². The molecule has 9 heteroatoms. The van der Waals surface area contributed by atoms with Crippen LogP contribution < -0.4 is 9.04 Å². The summed E-state index contributed by atoms with van der Waals surface area (Å²) in [5, 5.41) is 0. The molecule has 8 nitrogen and oxygen atoms in total. The third-order valence-electron chi connectivity index (χ3n) is 3.09. The molecule has 0 radical (unpaired) electrons. The van der Waals surface area contributed by atoms with E-state index in [0.29, 0.717) is 5.69 Å². The van der Waals surface area contributed by atoms with Gasteiger partial charge < -0.3 is 9.47 Å². The molecule has 2 rings (SSSR count). The standard InChI is InChI=1S/C15H17N3O5S/c1-11-9-13(17-15(16-11)23-3)18(10-14(19)22-2)24(20,21)12-7-5-4-6-8-12/h4-9H,10H2,1-3H3. The van der Waals surface area contributed by atoms with Crippen LogP contribution in [-0.4, -0.2) is 45.1 Å². The third kappa shape index (κ3) is 3.80. The topological polar surface area (TPSA) is 98.7 Å². The van der Waals surface area contributed by atoms with E-state index in [-0.39, 0.29) is 16.7 Å². The van der Waals surface area contributed by atoms with Crippen molar-refractivity contribution >= 4 is 21.8 Å². The van der Waals surface area contributed by atoms with E-state index in [4.69, 9.17) is 4.74 Å². The molecule has 0 amide bonds. The molecule has 128 valence electrons. The average Bonchev–Trinajstić information content (AvgIpc) is 2.59. The van der Waals surface area contributed by atoms with Gasteiger partial charge in [-0.25, -0.2) is 17.7 Å². The Morgan fingerprint density at radius 1 is 1.17 bits per heavy atom. The number of aryl methyl sites for hydroxylation is 1. The minimum Gasteiger partial charge on any atom is -0.468 e. The number of carbonyl (C=O) groups excluding carboxylic acids is 1. The lowest BCUT2D eigenvalue weighted by molar-refractivity contribution is -0.138. The van der Waals surface area contributed by atoms with Gasteiger partial charge in [0.25, 0.3) is 10.0 Å². The molecule has 0 atom stereocenters. The number of ether oxygens (including phenoxy) is 2. The summed E-state index contributed by atoms with van der Waals surface area (Å²) in [4.78, 5) is 19.8. The molecule has 0 aliphatic heterocycles. The maximum atomic E-state index is 12.9. The zero-order valence-electron chi connectivity index (χ0n) is 13.5. The summed E-state index contributed by atoms with van der Waals surface area (Å²) in [5.74, 6) is -0.696. The number of nitrogens with zero attached hydrogens (tertiary/aromatic N) is 3. The van der Waals surface area contributed by atoms with Crippen LogP contribution in [0.2, 0.25) is 0 Å². The van der Waals surface area contributed by atoms with Gasteiger partial charge in [-0.15, -0.1) is 0 Å². The van der Waals surface area contributed by atoms with Crippen LogP contribution in [0.15, 0.2) is 41.3 Å². The number of hydrogen-bond donors (Lipinski definition) is 0. The van der Waals surface area contributed by atoms with E-state index < -0.39 is 22.5 Å². The van der Waals surface area contributed by atoms with Crippen molar-refractivity contribution in [1.82, 2.24) is 9.97 Å². The summed E-state index contributed by atoms with van der Waals surface area (Å²) in [5.41, 5.74) is 0.495. The van der Waals surface area contributed by atoms with Crippen molar-refractivity contribution < 1.29 is 22.7 Å². The van der Waals surface area contributed by atoms with E-state index in [9.17, 15) is 13.2 Å². The fourth-order valence-electron chi connectivity index (χ4n) is 1.93. The molecule has 0 N–H and O–H groups in total. The first-order valence-electron chi connectivity index (χ1n) is 6.92. The Kier molecular flexibility index (Phi) is 5.35. The number of benzene rings is 1. The normalized spacial score (nSPS) is 11.0. The Labute approximate surface area is 140 Å². The van der Waals surface area contributed by atoms with Gasteiger partial charge in [-0.3, -0.25) is 4.79 Å². The summed E-state index contributed by atoms with van der Waals surface area (Å²) in [6.45, 7) is 1.15. The first-order chi connectivity index (χ1) is 11.4. The van der Waals surface area contributed by atoms with Gasteiger partial charge in [0.1, 0.15) is 12.4 Å². The molecule has 0 saturated heterocycles. The van der Waals surface area contributed by atoms with Crippen LogP contribution in [0.1, 0.15) is 5.69 Å². The van der Waals surface area contributed by atoms with Gasteiger partial charge in [-0.05, 0) is 19.1 Å². The minimum absolute atomic E-state index is 0.00290. The van der Waals surface area contributed by atoms with Crippen molar-refractivity contribution in [3.05, 3.63) is 42.1 Å². The number of esters is 1. The number of anilines is 1. The summed E-state index contributed by atoms with van der Waals surface area (Å²) in [7, 11) is -1.46. The van der Waals surface area contributed by atoms with Crippen LogP contribution >= 0.6 is 0 Å². The molecule has 0 unspecified atom stereocenters. The van der Waals surface area contributed by atoms with Gasteiger partial charge in [0.2, 0.25) is 0 Å². The van der Waals surface area contributed by atoms with E-state index in [2.05, 4.69) is 14.7 Å².